The second-order valence-corrected chi connectivity index (χ2v) is 4.26. The Morgan fingerprint density at radius 3 is 1.77 bits per heavy atom. The Balaban J connectivity index is 4.26. The van der Waals surface area contributed by atoms with E-state index >= 15 is 0 Å². The van der Waals surface area contributed by atoms with E-state index in [1.165, 1.54) is 4.90 Å². The molecule has 0 fully saturated rings. The standard InChI is InChI=1S/C9H21NO3/c1-7(12)10(8(2)13)5-9(3,4)6-11/h7-8,11-13H,5-6H2,1-4H3. The molecular formula is C9H21NO3. The number of rotatable bonds is 5. The Morgan fingerprint density at radius 2 is 1.54 bits per heavy atom. The molecule has 0 amide bonds. The molecule has 0 aliphatic heterocycles. The maximum atomic E-state index is 9.33. The summed E-state index contributed by atoms with van der Waals surface area (Å²) in [6, 6.07) is 0. The van der Waals surface area contributed by atoms with Gasteiger partial charge in [-0.2, -0.15) is 0 Å². The van der Waals surface area contributed by atoms with Crippen LogP contribution in [0.3, 0.4) is 0 Å². The summed E-state index contributed by atoms with van der Waals surface area (Å²) < 4.78 is 0. The predicted molar refractivity (Wildman–Crippen MR) is 50.9 cm³/mol. The first-order valence-corrected chi connectivity index (χ1v) is 4.53. The second-order valence-electron chi connectivity index (χ2n) is 4.26. The largest absolute Gasteiger partial charge is 0.396 e. The van der Waals surface area contributed by atoms with Crippen LogP contribution in [0.25, 0.3) is 0 Å². The zero-order chi connectivity index (χ0) is 10.6. The van der Waals surface area contributed by atoms with Crippen LogP contribution in [-0.4, -0.2) is 45.8 Å². The molecule has 0 saturated heterocycles. The van der Waals surface area contributed by atoms with Crippen LogP contribution < -0.4 is 0 Å². The summed E-state index contributed by atoms with van der Waals surface area (Å²) in [6.45, 7) is 7.44. The minimum Gasteiger partial charge on any atom is -0.396 e. The number of nitrogens with zero attached hydrogens (tertiary/aromatic N) is 1. The van der Waals surface area contributed by atoms with Gasteiger partial charge in [0.2, 0.25) is 0 Å². The molecule has 3 N–H and O–H groups in total. The highest BCUT2D eigenvalue weighted by atomic mass is 16.3. The molecule has 0 aliphatic rings. The van der Waals surface area contributed by atoms with Gasteiger partial charge in [-0.05, 0) is 13.8 Å². The number of hydrogen-bond acceptors (Lipinski definition) is 4. The van der Waals surface area contributed by atoms with Gasteiger partial charge in [-0.25, -0.2) is 0 Å². The zero-order valence-corrected chi connectivity index (χ0v) is 8.86. The van der Waals surface area contributed by atoms with Crippen molar-refractivity contribution in [3.05, 3.63) is 0 Å². The molecule has 0 spiro atoms. The summed E-state index contributed by atoms with van der Waals surface area (Å²) in [5, 5.41) is 27.7. The zero-order valence-electron chi connectivity index (χ0n) is 8.86. The molecule has 0 aromatic rings. The minimum atomic E-state index is -0.703. The van der Waals surface area contributed by atoms with Gasteiger partial charge in [0.05, 0.1) is 0 Å². The first-order chi connectivity index (χ1) is 5.80. The lowest BCUT2D eigenvalue weighted by atomic mass is 9.94. The third kappa shape index (κ3) is 4.57. The molecule has 80 valence electrons. The number of hydrogen-bond donors (Lipinski definition) is 3. The minimum absolute atomic E-state index is 0.0307. The highest BCUT2D eigenvalue weighted by Crippen LogP contribution is 2.18. The Hall–Kier alpha value is -0.160. The summed E-state index contributed by atoms with van der Waals surface area (Å²) in [4.78, 5) is 1.52. The van der Waals surface area contributed by atoms with Gasteiger partial charge >= 0.3 is 0 Å². The van der Waals surface area contributed by atoms with Crippen LogP contribution in [0.1, 0.15) is 27.7 Å². The van der Waals surface area contributed by atoms with E-state index in [2.05, 4.69) is 0 Å². The summed E-state index contributed by atoms with van der Waals surface area (Å²) in [7, 11) is 0. The van der Waals surface area contributed by atoms with Crippen molar-refractivity contribution in [2.75, 3.05) is 13.2 Å². The van der Waals surface area contributed by atoms with Crippen LogP contribution in [0.15, 0.2) is 0 Å². The average molecular weight is 191 g/mol. The average Bonchev–Trinajstić information content (AvgIpc) is 1.99. The third-order valence-corrected chi connectivity index (χ3v) is 2.00. The Morgan fingerprint density at radius 1 is 1.15 bits per heavy atom. The molecule has 4 heteroatoms. The number of aliphatic hydroxyl groups excluding tert-OH is 3. The predicted octanol–water partition coefficient (Wildman–Crippen LogP) is -0.0165. The Labute approximate surface area is 79.8 Å². The van der Waals surface area contributed by atoms with Crippen molar-refractivity contribution in [3.63, 3.8) is 0 Å². The second kappa shape index (κ2) is 4.91. The Bertz CT molecular complexity index is 138. The van der Waals surface area contributed by atoms with E-state index in [1.807, 2.05) is 13.8 Å². The number of aliphatic hydroxyl groups is 3. The molecule has 0 saturated carbocycles. The van der Waals surface area contributed by atoms with Crippen molar-refractivity contribution in [3.8, 4) is 0 Å². The summed E-state index contributed by atoms with van der Waals surface area (Å²) in [5.74, 6) is 0. The van der Waals surface area contributed by atoms with Gasteiger partial charge in [-0.3, -0.25) is 4.90 Å². The van der Waals surface area contributed by atoms with Crippen molar-refractivity contribution >= 4 is 0 Å². The molecule has 0 aliphatic carbocycles. The van der Waals surface area contributed by atoms with Crippen molar-refractivity contribution in [1.82, 2.24) is 4.90 Å². The van der Waals surface area contributed by atoms with Crippen molar-refractivity contribution < 1.29 is 15.3 Å². The molecule has 2 unspecified atom stereocenters. The molecule has 0 rings (SSSR count). The van der Waals surface area contributed by atoms with Crippen molar-refractivity contribution in [1.29, 1.82) is 0 Å². The fourth-order valence-corrected chi connectivity index (χ4v) is 1.12. The molecule has 13 heavy (non-hydrogen) atoms. The quantitative estimate of drug-likeness (QED) is 0.535. The van der Waals surface area contributed by atoms with Crippen LogP contribution in [0.2, 0.25) is 0 Å². The third-order valence-electron chi connectivity index (χ3n) is 2.00. The lowest BCUT2D eigenvalue weighted by molar-refractivity contribution is -0.104. The van der Waals surface area contributed by atoms with E-state index in [0.717, 1.165) is 0 Å². The van der Waals surface area contributed by atoms with E-state index in [4.69, 9.17) is 5.11 Å². The van der Waals surface area contributed by atoms with Gasteiger partial charge in [-0.15, -0.1) is 0 Å². The van der Waals surface area contributed by atoms with Crippen LogP contribution in [-0.2, 0) is 0 Å². The van der Waals surface area contributed by atoms with E-state index in [0.29, 0.717) is 6.54 Å². The van der Waals surface area contributed by atoms with Gasteiger partial charge in [-0.1, -0.05) is 13.8 Å². The fourth-order valence-electron chi connectivity index (χ4n) is 1.12. The molecule has 4 nitrogen and oxygen atoms in total. The van der Waals surface area contributed by atoms with Gasteiger partial charge < -0.3 is 15.3 Å². The maximum absolute atomic E-state index is 9.33. The monoisotopic (exact) mass is 191 g/mol. The molecule has 0 radical (unpaired) electrons. The van der Waals surface area contributed by atoms with Gasteiger partial charge in [0, 0.05) is 18.6 Å². The molecule has 2 atom stereocenters. The SMILES string of the molecule is CC(O)N(CC(C)(C)CO)C(C)O. The van der Waals surface area contributed by atoms with Gasteiger partial charge in [0.1, 0.15) is 12.5 Å². The van der Waals surface area contributed by atoms with Crippen molar-refractivity contribution in [2.45, 2.75) is 40.2 Å². The van der Waals surface area contributed by atoms with E-state index in [1.54, 1.807) is 13.8 Å². The van der Waals surface area contributed by atoms with Crippen LogP contribution in [0.4, 0.5) is 0 Å². The van der Waals surface area contributed by atoms with Crippen LogP contribution in [0.5, 0.6) is 0 Å². The summed E-state index contributed by atoms with van der Waals surface area (Å²) in [5.41, 5.74) is -0.312. The lowest BCUT2D eigenvalue weighted by Crippen LogP contribution is -2.46. The smallest absolute Gasteiger partial charge is 0.106 e. The molecular weight excluding hydrogens is 170 g/mol. The summed E-state index contributed by atoms with van der Waals surface area (Å²) >= 11 is 0. The maximum Gasteiger partial charge on any atom is 0.106 e. The lowest BCUT2D eigenvalue weighted by Gasteiger charge is -2.34. The molecule has 0 aromatic carbocycles. The molecule has 0 bridgehead atoms. The first kappa shape index (κ1) is 12.8. The summed E-state index contributed by atoms with van der Waals surface area (Å²) in [6.07, 6.45) is -1.41. The van der Waals surface area contributed by atoms with Crippen LogP contribution in [0, 0.1) is 5.41 Å². The van der Waals surface area contributed by atoms with E-state index < -0.39 is 12.5 Å². The van der Waals surface area contributed by atoms with E-state index in [-0.39, 0.29) is 12.0 Å². The first-order valence-electron chi connectivity index (χ1n) is 4.53. The van der Waals surface area contributed by atoms with Crippen molar-refractivity contribution in [2.24, 2.45) is 5.41 Å². The molecule has 0 aromatic heterocycles. The van der Waals surface area contributed by atoms with Gasteiger partial charge in [0.25, 0.3) is 0 Å². The van der Waals surface area contributed by atoms with Gasteiger partial charge in [0.15, 0.2) is 0 Å². The fraction of sp³-hybridized carbons (Fsp3) is 1.00. The van der Waals surface area contributed by atoms with E-state index in [9.17, 15) is 10.2 Å². The molecule has 0 heterocycles. The topological polar surface area (TPSA) is 63.9 Å². The highest BCUT2D eigenvalue weighted by Gasteiger charge is 2.25. The Kier molecular flexibility index (Phi) is 4.85. The van der Waals surface area contributed by atoms with Crippen LogP contribution >= 0.6 is 0 Å². The highest BCUT2D eigenvalue weighted by molar-refractivity contribution is 4.73. The normalized spacial score (nSPS) is 17.5.